The van der Waals surface area contributed by atoms with Gasteiger partial charge in [0.1, 0.15) is 0 Å². The van der Waals surface area contributed by atoms with Gasteiger partial charge in [0.2, 0.25) is 0 Å². The normalized spacial score (nSPS) is 11.2. The van der Waals surface area contributed by atoms with E-state index in [0.717, 1.165) is 51.4 Å². The van der Waals surface area contributed by atoms with Crippen molar-refractivity contribution < 1.29 is 41.9 Å². The van der Waals surface area contributed by atoms with Gasteiger partial charge in [-0.1, -0.05) is 51.5 Å². The molecule has 0 radical (unpaired) electrons. The second-order valence-electron chi connectivity index (χ2n) is 9.15. The van der Waals surface area contributed by atoms with E-state index in [1.807, 2.05) is 0 Å². The minimum absolute atomic E-state index is 0.144. The first-order valence-electron chi connectivity index (χ1n) is 13.6. The van der Waals surface area contributed by atoms with Crippen LogP contribution in [0, 0.1) is 0 Å². The smallest absolute Gasteiger partial charge is 0.466 e. The number of esters is 3. The molecule has 0 rings (SSSR count). The molecule has 10 heteroatoms. The Labute approximate surface area is 224 Å². The van der Waals surface area contributed by atoms with E-state index in [1.54, 1.807) is 28.3 Å². The molecule has 216 valence electrons. The molecule has 0 saturated heterocycles. The van der Waals surface area contributed by atoms with Gasteiger partial charge in [-0.3, -0.25) is 9.59 Å². The fourth-order valence-corrected chi connectivity index (χ4v) is 5.42. The number of carbonyl (C=O) groups is 3. The van der Waals surface area contributed by atoms with E-state index in [0.29, 0.717) is 37.7 Å². The summed E-state index contributed by atoms with van der Waals surface area (Å²) < 4.78 is 31.6. The Morgan fingerprint density at radius 1 is 0.568 bits per heavy atom. The van der Waals surface area contributed by atoms with Gasteiger partial charge in [0, 0.05) is 45.8 Å². The van der Waals surface area contributed by atoms with Crippen LogP contribution in [0.25, 0.3) is 0 Å². The quantitative estimate of drug-likeness (QED) is 0.0480. The summed E-state index contributed by atoms with van der Waals surface area (Å²) in [6.07, 6.45) is 12.4. The first-order valence-corrected chi connectivity index (χ1v) is 15.5. The Kier molecular flexibility index (Phi) is 22.3. The molecular weight excluding hydrogens is 496 g/mol. The van der Waals surface area contributed by atoms with Gasteiger partial charge >= 0.3 is 26.7 Å². The minimum atomic E-state index is -2.55. The lowest BCUT2D eigenvalue weighted by molar-refractivity contribution is -0.146. The van der Waals surface area contributed by atoms with Crippen molar-refractivity contribution >= 4 is 26.7 Å². The third kappa shape index (κ3) is 20.0. The van der Waals surface area contributed by atoms with Crippen LogP contribution < -0.4 is 0 Å². The molecule has 37 heavy (non-hydrogen) atoms. The predicted octanol–water partition coefficient (Wildman–Crippen LogP) is 5.53. The molecule has 0 aromatic carbocycles. The zero-order valence-corrected chi connectivity index (χ0v) is 24.6. The number of rotatable bonds is 25. The average molecular weight is 547 g/mol. The van der Waals surface area contributed by atoms with E-state index in [4.69, 9.17) is 27.5 Å². The standard InChI is InChI=1S/C27H50O9Si/c1-24(2)27(30)36-22-17-19-26(29)35-21-15-12-10-8-6-7-9-11-14-20-34-25(28)18-13-16-23-37(31-3,32-4)33-5/h1,6-23H2,2-5H3. The maximum Gasteiger partial charge on any atom is 0.500 e. The second-order valence-corrected chi connectivity index (χ2v) is 12.2. The second kappa shape index (κ2) is 23.4. The Bertz CT molecular complexity index is 627. The molecule has 0 N–H and O–H groups in total. The fourth-order valence-electron chi connectivity index (χ4n) is 3.63. The van der Waals surface area contributed by atoms with E-state index in [1.165, 1.54) is 19.3 Å². The molecule has 0 aliphatic carbocycles. The van der Waals surface area contributed by atoms with Crippen molar-refractivity contribution in [3.8, 4) is 0 Å². The SMILES string of the molecule is C=C(C)C(=O)OCCCC(=O)OCCCCCCCCCCCOC(=O)CCCC[Si](OC)(OC)OC. The first-order chi connectivity index (χ1) is 17.8. The molecule has 0 aromatic rings. The van der Waals surface area contributed by atoms with Gasteiger partial charge in [0.15, 0.2) is 0 Å². The van der Waals surface area contributed by atoms with Gasteiger partial charge in [0.25, 0.3) is 0 Å². The molecule has 0 atom stereocenters. The first kappa shape index (κ1) is 35.2. The van der Waals surface area contributed by atoms with Crippen LogP contribution in [0.4, 0.5) is 0 Å². The summed E-state index contributed by atoms with van der Waals surface area (Å²) >= 11 is 0. The van der Waals surface area contributed by atoms with E-state index < -0.39 is 14.8 Å². The van der Waals surface area contributed by atoms with Crippen LogP contribution >= 0.6 is 0 Å². The van der Waals surface area contributed by atoms with Crippen molar-refractivity contribution in [2.45, 2.75) is 103 Å². The van der Waals surface area contributed by atoms with Gasteiger partial charge < -0.3 is 27.5 Å². The highest BCUT2D eigenvalue weighted by Crippen LogP contribution is 2.17. The van der Waals surface area contributed by atoms with Crippen LogP contribution in [0.3, 0.4) is 0 Å². The van der Waals surface area contributed by atoms with Crippen molar-refractivity contribution in [2.24, 2.45) is 0 Å². The van der Waals surface area contributed by atoms with Crippen LogP contribution in [-0.4, -0.2) is 67.9 Å². The molecule has 0 saturated carbocycles. The molecule has 9 nitrogen and oxygen atoms in total. The highest BCUT2D eigenvalue weighted by Gasteiger charge is 2.36. The van der Waals surface area contributed by atoms with Crippen molar-refractivity contribution in [1.82, 2.24) is 0 Å². The van der Waals surface area contributed by atoms with Crippen LogP contribution in [-0.2, 0) is 41.9 Å². The predicted molar refractivity (Wildman–Crippen MR) is 144 cm³/mol. The summed E-state index contributed by atoms with van der Waals surface area (Å²) in [5.41, 5.74) is 0.353. The number of ether oxygens (including phenoxy) is 3. The van der Waals surface area contributed by atoms with Crippen molar-refractivity contribution in [3.63, 3.8) is 0 Å². The molecule has 0 bridgehead atoms. The molecule has 0 aromatic heterocycles. The Hall–Kier alpha value is -1.75. The number of hydrogen-bond acceptors (Lipinski definition) is 9. The average Bonchev–Trinajstić information content (AvgIpc) is 2.89. The summed E-state index contributed by atoms with van der Waals surface area (Å²) in [5.74, 6) is -0.825. The topological polar surface area (TPSA) is 107 Å². The van der Waals surface area contributed by atoms with Crippen molar-refractivity contribution in [3.05, 3.63) is 12.2 Å². The largest absolute Gasteiger partial charge is 0.500 e. The zero-order chi connectivity index (χ0) is 27.8. The van der Waals surface area contributed by atoms with Crippen LogP contribution in [0.1, 0.15) is 96.8 Å². The molecule has 0 spiro atoms. The van der Waals surface area contributed by atoms with E-state index in [-0.39, 0.29) is 25.0 Å². The monoisotopic (exact) mass is 546 g/mol. The lowest BCUT2D eigenvalue weighted by Crippen LogP contribution is -2.42. The highest BCUT2D eigenvalue weighted by molar-refractivity contribution is 6.60. The summed E-state index contributed by atoms with van der Waals surface area (Å²) in [6.45, 7) is 6.23. The third-order valence-electron chi connectivity index (χ3n) is 5.97. The summed E-state index contributed by atoms with van der Waals surface area (Å²) in [6, 6.07) is 0.689. The summed E-state index contributed by atoms with van der Waals surface area (Å²) in [5, 5.41) is 0. The summed E-state index contributed by atoms with van der Waals surface area (Å²) in [7, 11) is 2.23. The molecule has 0 amide bonds. The van der Waals surface area contributed by atoms with E-state index >= 15 is 0 Å². The van der Waals surface area contributed by atoms with Gasteiger partial charge in [-0.15, -0.1) is 0 Å². The Morgan fingerprint density at radius 3 is 1.41 bits per heavy atom. The minimum Gasteiger partial charge on any atom is -0.466 e. The molecule has 0 aliphatic rings. The molecule has 0 unspecified atom stereocenters. The number of unbranched alkanes of at least 4 members (excludes halogenated alkanes) is 9. The number of carbonyl (C=O) groups excluding carboxylic acids is 3. The Balaban J connectivity index is 3.42. The molecular formula is C27H50O9Si. The van der Waals surface area contributed by atoms with Crippen LogP contribution in [0.5, 0.6) is 0 Å². The lowest BCUT2D eigenvalue weighted by atomic mass is 10.1. The van der Waals surface area contributed by atoms with Gasteiger partial charge in [-0.25, -0.2) is 4.79 Å². The maximum atomic E-state index is 11.8. The lowest BCUT2D eigenvalue weighted by Gasteiger charge is -2.24. The molecule has 0 aliphatic heterocycles. The van der Waals surface area contributed by atoms with Crippen molar-refractivity contribution in [2.75, 3.05) is 41.2 Å². The highest BCUT2D eigenvalue weighted by atomic mass is 28.4. The third-order valence-corrected chi connectivity index (χ3v) is 8.80. The van der Waals surface area contributed by atoms with E-state index in [2.05, 4.69) is 6.58 Å². The van der Waals surface area contributed by atoms with Gasteiger partial charge in [0.05, 0.1) is 19.8 Å². The molecule has 0 fully saturated rings. The Morgan fingerprint density at radius 2 is 0.973 bits per heavy atom. The van der Waals surface area contributed by atoms with E-state index in [9.17, 15) is 14.4 Å². The number of hydrogen-bond donors (Lipinski definition) is 0. The molecule has 0 heterocycles. The van der Waals surface area contributed by atoms with Crippen LogP contribution in [0.2, 0.25) is 6.04 Å². The summed E-state index contributed by atoms with van der Waals surface area (Å²) in [4.78, 5) is 34.7. The van der Waals surface area contributed by atoms with Crippen molar-refractivity contribution in [1.29, 1.82) is 0 Å². The maximum absolute atomic E-state index is 11.8. The van der Waals surface area contributed by atoms with Gasteiger partial charge in [-0.05, 0) is 39.0 Å². The fraction of sp³-hybridized carbons (Fsp3) is 0.815. The van der Waals surface area contributed by atoms with Crippen LogP contribution in [0.15, 0.2) is 12.2 Å². The van der Waals surface area contributed by atoms with Gasteiger partial charge in [-0.2, -0.15) is 0 Å². The zero-order valence-electron chi connectivity index (χ0n) is 23.6.